The minimum atomic E-state index is -0.0790. The molecule has 0 aliphatic carbocycles. The summed E-state index contributed by atoms with van der Waals surface area (Å²) >= 11 is 1.32. The third kappa shape index (κ3) is 2.20. The van der Waals surface area contributed by atoms with Crippen molar-refractivity contribution >= 4 is 27.3 Å². The minimum Gasteiger partial charge on any atom is -0.286 e. The first-order valence-electron chi connectivity index (χ1n) is 6.09. The van der Waals surface area contributed by atoms with Crippen molar-refractivity contribution in [2.24, 2.45) is 0 Å². The molecule has 0 unspecified atom stereocenters. The molecule has 1 aromatic heterocycles. The molecule has 2 aromatic carbocycles. The van der Waals surface area contributed by atoms with Crippen molar-refractivity contribution in [3.8, 4) is 6.07 Å². The Hall–Kier alpha value is -2.51. The Labute approximate surface area is 120 Å². The van der Waals surface area contributed by atoms with E-state index in [1.54, 1.807) is 18.2 Å². The van der Waals surface area contributed by atoms with Gasteiger partial charge < -0.3 is 0 Å². The van der Waals surface area contributed by atoms with E-state index in [2.05, 4.69) is 11.1 Å². The average Bonchev–Trinajstić information content (AvgIpc) is 2.90. The van der Waals surface area contributed by atoms with Crippen LogP contribution < -0.4 is 0 Å². The summed E-state index contributed by atoms with van der Waals surface area (Å²) in [6, 6.07) is 14.8. The lowest BCUT2D eigenvalue weighted by Gasteiger charge is -1.97. The highest BCUT2D eigenvalue weighted by Gasteiger charge is 2.14. The van der Waals surface area contributed by atoms with Crippen LogP contribution in [0.4, 0.5) is 0 Å². The standard InChI is InChI=1S/C16H10N2OS/c1-10-2-5-12(6-3-10)15(19)16-18-13-7-4-11(9-17)8-14(13)20-16/h2-8H,1H3. The molecule has 0 aliphatic rings. The Morgan fingerprint density at radius 2 is 1.95 bits per heavy atom. The number of thiazole rings is 1. The van der Waals surface area contributed by atoms with Gasteiger partial charge in [0, 0.05) is 5.56 Å². The SMILES string of the molecule is Cc1ccc(C(=O)c2nc3ccc(C#N)cc3s2)cc1. The van der Waals surface area contributed by atoms with Crippen LogP contribution in [0.5, 0.6) is 0 Å². The average molecular weight is 278 g/mol. The fourth-order valence-electron chi connectivity index (χ4n) is 1.92. The first-order chi connectivity index (χ1) is 9.67. The lowest BCUT2D eigenvalue weighted by Crippen LogP contribution is -1.99. The highest BCUT2D eigenvalue weighted by molar-refractivity contribution is 7.20. The van der Waals surface area contributed by atoms with Crippen molar-refractivity contribution in [1.82, 2.24) is 4.98 Å². The van der Waals surface area contributed by atoms with Gasteiger partial charge in [0.15, 0.2) is 5.01 Å². The number of hydrogen-bond donors (Lipinski definition) is 0. The van der Waals surface area contributed by atoms with E-state index in [0.717, 1.165) is 15.8 Å². The molecular weight excluding hydrogens is 268 g/mol. The third-order valence-corrected chi connectivity index (χ3v) is 4.04. The first-order valence-corrected chi connectivity index (χ1v) is 6.91. The molecule has 4 heteroatoms. The second-order valence-electron chi connectivity index (χ2n) is 4.51. The van der Waals surface area contributed by atoms with E-state index in [4.69, 9.17) is 5.26 Å². The smallest absolute Gasteiger partial charge is 0.221 e. The van der Waals surface area contributed by atoms with Gasteiger partial charge in [-0.3, -0.25) is 4.79 Å². The molecular formula is C16H10N2OS. The van der Waals surface area contributed by atoms with E-state index in [0.29, 0.717) is 16.1 Å². The van der Waals surface area contributed by atoms with Crippen LogP contribution in [0.25, 0.3) is 10.2 Å². The quantitative estimate of drug-likeness (QED) is 0.671. The lowest BCUT2D eigenvalue weighted by molar-refractivity contribution is 0.103. The molecule has 0 aliphatic heterocycles. The largest absolute Gasteiger partial charge is 0.286 e. The predicted molar refractivity (Wildman–Crippen MR) is 78.9 cm³/mol. The van der Waals surface area contributed by atoms with E-state index < -0.39 is 0 Å². The summed E-state index contributed by atoms with van der Waals surface area (Å²) in [5.41, 5.74) is 3.08. The molecule has 0 spiro atoms. The van der Waals surface area contributed by atoms with Crippen molar-refractivity contribution in [2.45, 2.75) is 6.92 Å². The zero-order valence-corrected chi connectivity index (χ0v) is 11.6. The summed E-state index contributed by atoms with van der Waals surface area (Å²) in [7, 11) is 0. The number of aryl methyl sites for hydroxylation is 1. The monoisotopic (exact) mass is 278 g/mol. The molecule has 0 bridgehead atoms. The van der Waals surface area contributed by atoms with E-state index in [1.165, 1.54) is 11.3 Å². The highest BCUT2D eigenvalue weighted by atomic mass is 32.1. The summed E-state index contributed by atoms with van der Waals surface area (Å²) in [6.45, 7) is 1.98. The molecule has 0 saturated carbocycles. The molecule has 0 N–H and O–H groups in total. The van der Waals surface area contributed by atoms with Gasteiger partial charge in [-0.1, -0.05) is 29.8 Å². The van der Waals surface area contributed by atoms with Gasteiger partial charge in [0.25, 0.3) is 0 Å². The maximum atomic E-state index is 12.4. The molecule has 3 aromatic rings. The maximum absolute atomic E-state index is 12.4. The molecule has 3 nitrogen and oxygen atoms in total. The Balaban J connectivity index is 2.04. The van der Waals surface area contributed by atoms with Crippen LogP contribution in [0.3, 0.4) is 0 Å². The number of ketones is 1. The summed E-state index contributed by atoms with van der Waals surface area (Å²) in [5.74, 6) is -0.0790. The van der Waals surface area contributed by atoms with Gasteiger partial charge in [0.05, 0.1) is 21.8 Å². The summed E-state index contributed by atoms with van der Waals surface area (Å²) in [5, 5.41) is 9.34. The molecule has 0 amide bonds. The van der Waals surface area contributed by atoms with Crippen LogP contribution in [0.15, 0.2) is 42.5 Å². The van der Waals surface area contributed by atoms with Gasteiger partial charge >= 0.3 is 0 Å². The fourth-order valence-corrected chi connectivity index (χ4v) is 2.89. The Morgan fingerprint density at radius 1 is 1.20 bits per heavy atom. The fraction of sp³-hybridized carbons (Fsp3) is 0.0625. The minimum absolute atomic E-state index is 0.0790. The van der Waals surface area contributed by atoms with Crippen LogP contribution in [0.2, 0.25) is 0 Å². The zero-order valence-electron chi connectivity index (χ0n) is 10.8. The van der Waals surface area contributed by atoms with E-state index in [1.807, 2.05) is 31.2 Å². The van der Waals surface area contributed by atoms with Crippen LogP contribution in [-0.2, 0) is 0 Å². The number of aromatic nitrogens is 1. The predicted octanol–water partition coefficient (Wildman–Crippen LogP) is 3.71. The van der Waals surface area contributed by atoms with Crippen LogP contribution in [0.1, 0.15) is 26.5 Å². The van der Waals surface area contributed by atoms with Crippen LogP contribution in [-0.4, -0.2) is 10.8 Å². The number of hydrogen-bond acceptors (Lipinski definition) is 4. The Bertz CT molecular complexity index is 841. The van der Waals surface area contributed by atoms with Crippen molar-refractivity contribution < 1.29 is 4.79 Å². The second-order valence-corrected chi connectivity index (χ2v) is 5.54. The van der Waals surface area contributed by atoms with Crippen LogP contribution >= 0.6 is 11.3 Å². The Kier molecular flexibility index (Phi) is 3.05. The summed E-state index contributed by atoms with van der Waals surface area (Å²) < 4.78 is 0.861. The topological polar surface area (TPSA) is 53.8 Å². The van der Waals surface area contributed by atoms with Crippen molar-refractivity contribution in [2.75, 3.05) is 0 Å². The third-order valence-electron chi connectivity index (χ3n) is 3.03. The van der Waals surface area contributed by atoms with Crippen molar-refractivity contribution in [3.63, 3.8) is 0 Å². The van der Waals surface area contributed by atoms with E-state index in [-0.39, 0.29) is 5.78 Å². The molecule has 3 rings (SSSR count). The number of carbonyl (C=O) groups is 1. The van der Waals surface area contributed by atoms with Gasteiger partial charge in [0.1, 0.15) is 0 Å². The molecule has 1 heterocycles. The van der Waals surface area contributed by atoms with Crippen molar-refractivity contribution in [1.29, 1.82) is 5.26 Å². The number of benzene rings is 2. The van der Waals surface area contributed by atoms with Gasteiger partial charge in [-0.15, -0.1) is 11.3 Å². The number of rotatable bonds is 2. The number of nitrogens with zero attached hydrogens (tertiary/aromatic N) is 2. The molecule has 0 radical (unpaired) electrons. The first kappa shape index (κ1) is 12.5. The zero-order chi connectivity index (χ0) is 14.1. The second kappa shape index (κ2) is 4.87. The normalized spacial score (nSPS) is 10.4. The number of fused-ring (bicyclic) bond motifs is 1. The summed E-state index contributed by atoms with van der Waals surface area (Å²) in [6.07, 6.45) is 0. The molecule has 0 fully saturated rings. The lowest BCUT2D eigenvalue weighted by atomic mass is 10.1. The summed E-state index contributed by atoms with van der Waals surface area (Å²) in [4.78, 5) is 16.7. The molecule has 0 saturated heterocycles. The van der Waals surface area contributed by atoms with Gasteiger partial charge in [-0.05, 0) is 25.1 Å². The van der Waals surface area contributed by atoms with E-state index in [9.17, 15) is 4.79 Å². The molecule has 96 valence electrons. The Morgan fingerprint density at radius 3 is 2.65 bits per heavy atom. The van der Waals surface area contributed by atoms with Crippen LogP contribution in [0, 0.1) is 18.3 Å². The van der Waals surface area contributed by atoms with E-state index >= 15 is 0 Å². The molecule has 0 atom stereocenters. The molecule has 20 heavy (non-hydrogen) atoms. The maximum Gasteiger partial charge on any atom is 0.221 e. The highest BCUT2D eigenvalue weighted by Crippen LogP contribution is 2.25. The van der Waals surface area contributed by atoms with Crippen molar-refractivity contribution in [3.05, 3.63) is 64.2 Å². The number of nitriles is 1. The van der Waals surface area contributed by atoms with Gasteiger partial charge in [-0.2, -0.15) is 5.26 Å². The number of carbonyl (C=O) groups excluding carboxylic acids is 1. The van der Waals surface area contributed by atoms with Gasteiger partial charge in [-0.25, -0.2) is 4.98 Å². The van der Waals surface area contributed by atoms with Gasteiger partial charge in [0.2, 0.25) is 5.78 Å².